The number of amides is 2. The Balaban J connectivity index is 0.000000312. The van der Waals surface area contributed by atoms with E-state index in [1.807, 2.05) is 13.8 Å². The number of nitrogens with two attached hydrogens (primary N) is 1. The fraction of sp³-hybridized carbons (Fsp3) is 0.571. The van der Waals surface area contributed by atoms with Crippen LogP contribution in [0.1, 0.15) is 104 Å². The standard InChI is InChI=1S/C22H27N7O4.C11H16.C2H6/c23-19-18-20(27-16(26-19)3-1-2-13-8-10-28(11-9-13)22(31)32)29(12-24-18)17-7-6-15(33-17)21(30)25-14-4-5-14;1-4-11(2,3)10-8-6-5-7-9-10;1-2/h12-15,17H,2,4-11H2,(H,25,30)(H,31,32)(H2,23,26,27);5-9H,4H2,1-3H3;1-2H3. The Labute approximate surface area is 272 Å². The minimum Gasteiger partial charge on any atom is -0.465 e. The summed E-state index contributed by atoms with van der Waals surface area (Å²) in [6.45, 7) is 11.9. The minimum absolute atomic E-state index is 0.0562. The van der Waals surface area contributed by atoms with Crippen LogP contribution in [0.25, 0.3) is 11.2 Å². The number of carbonyl (C=O) groups is 2. The van der Waals surface area contributed by atoms with E-state index in [1.54, 1.807) is 10.9 Å². The zero-order chi connectivity index (χ0) is 33.3. The first-order valence-corrected chi connectivity index (χ1v) is 16.6. The molecule has 46 heavy (non-hydrogen) atoms. The lowest BCUT2D eigenvalue weighted by Crippen LogP contribution is -2.37. The van der Waals surface area contributed by atoms with Gasteiger partial charge in [0.15, 0.2) is 11.5 Å². The van der Waals surface area contributed by atoms with Crippen LogP contribution in [0, 0.1) is 17.8 Å². The van der Waals surface area contributed by atoms with Gasteiger partial charge in [0.1, 0.15) is 17.8 Å². The van der Waals surface area contributed by atoms with Gasteiger partial charge in [-0.3, -0.25) is 9.36 Å². The molecule has 2 unspecified atom stereocenters. The SMILES string of the molecule is CC.CCC(C)(C)c1ccccc1.Nc1nc(C#CCC2CCN(C(=O)O)CC2)nc2c1ncn2C1CCC(C(=O)NC2CC2)O1. The number of fused-ring (bicyclic) bond motifs is 1. The average Bonchev–Trinajstić information content (AvgIpc) is 3.56. The van der Waals surface area contributed by atoms with Crippen LogP contribution in [0.4, 0.5) is 10.6 Å². The molecule has 3 aliphatic rings. The van der Waals surface area contributed by atoms with Gasteiger partial charge in [0.2, 0.25) is 11.7 Å². The molecule has 11 nitrogen and oxygen atoms in total. The van der Waals surface area contributed by atoms with E-state index in [2.05, 4.69) is 83.2 Å². The normalized spacial score (nSPS) is 19.6. The molecule has 0 radical (unpaired) electrons. The van der Waals surface area contributed by atoms with Crippen molar-refractivity contribution in [3.8, 4) is 11.8 Å². The molecule has 4 N–H and O–H groups in total. The van der Waals surface area contributed by atoms with Crippen molar-refractivity contribution in [3.05, 3.63) is 48.0 Å². The second-order valence-electron chi connectivity index (χ2n) is 12.5. The summed E-state index contributed by atoms with van der Waals surface area (Å²) in [5.74, 6) is 6.97. The maximum Gasteiger partial charge on any atom is 0.407 e. The first-order chi connectivity index (χ1) is 22.1. The number of nitrogens with one attached hydrogen (secondary N) is 1. The molecule has 3 fully saturated rings. The van der Waals surface area contributed by atoms with Gasteiger partial charge in [0, 0.05) is 25.6 Å². The molecule has 2 saturated heterocycles. The number of ether oxygens (including phenoxy) is 1. The third-order valence-electron chi connectivity index (χ3n) is 8.89. The summed E-state index contributed by atoms with van der Waals surface area (Å²) in [5.41, 5.74) is 8.89. The molecular formula is C35H49N7O4. The topological polar surface area (TPSA) is 148 Å². The Bertz CT molecular complexity index is 1520. The van der Waals surface area contributed by atoms with Crippen LogP contribution in [0.3, 0.4) is 0 Å². The zero-order valence-electron chi connectivity index (χ0n) is 27.8. The highest BCUT2D eigenvalue weighted by Crippen LogP contribution is 2.32. The number of benzene rings is 1. The minimum atomic E-state index is -0.866. The maximum absolute atomic E-state index is 12.3. The molecular weight excluding hydrogens is 582 g/mol. The van der Waals surface area contributed by atoms with Crippen molar-refractivity contribution in [1.82, 2.24) is 29.7 Å². The highest BCUT2D eigenvalue weighted by atomic mass is 16.5. The number of hydrogen-bond acceptors (Lipinski definition) is 7. The van der Waals surface area contributed by atoms with Crippen LogP contribution in [0.2, 0.25) is 0 Å². The number of hydrogen-bond donors (Lipinski definition) is 3. The second-order valence-corrected chi connectivity index (χ2v) is 12.5. The van der Waals surface area contributed by atoms with E-state index in [1.165, 1.54) is 16.9 Å². The molecule has 6 rings (SSSR count). The Morgan fingerprint density at radius 2 is 1.76 bits per heavy atom. The molecule has 4 heterocycles. The molecule has 11 heteroatoms. The van der Waals surface area contributed by atoms with Crippen LogP contribution < -0.4 is 11.1 Å². The fourth-order valence-electron chi connectivity index (χ4n) is 5.44. The van der Waals surface area contributed by atoms with Crippen molar-refractivity contribution in [2.45, 2.75) is 110 Å². The zero-order valence-corrected chi connectivity index (χ0v) is 27.8. The van der Waals surface area contributed by atoms with Crippen molar-refractivity contribution in [3.63, 3.8) is 0 Å². The number of rotatable bonds is 6. The summed E-state index contributed by atoms with van der Waals surface area (Å²) < 4.78 is 7.79. The molecule has 2 amide bonds. The Kier molecular flexibility index (Phi) is 12.0. The van der Waals surface area contributed by atoms with Crippen LogP contribution in [0.5, 0.6) is 0 Å². The number of nitrogen functional groups attached to an aromatic ring is 1. The van der Waals surface area contributed by atoms with Gasteiger partial charge < -0.3 is 25.8 Å². The summed E-state index contributed by atoms with van der Waals surface area (Å²) in [7, 11) is 0. The monoisotopic (exact) mass is 631 g/mol. The van der Waals surface area contributed by atoms with Gasteiger partial charge in [-0.1, -0.05) is 70.9 Å². The number of aromatic nitrogens is 4. The molecule has 1 aliphatic carbocycles. The highest BCUT2D eigenvalue weighted by Gasteiger charge is 2.35. The van der Waals surface area contributed by atoms with Gasteiger partial charge in [0.25, 0.3) is 0 Å². The Hall–Kier alpha value is -4.17. The summed E-state index contributed by atoms with van der Waals surface area (Å²) in [4.78, 5) is 38.0. The van der Waals surface area contributed by atoms with Crippen LogP contribution in [-0.2, 0) is 14.9 Å². The lowest BCUT2D eigenvalue weighted by atomic mass is 9.82. The van der Waals surface area contributed by atoms with E-state index < -0.39 is 12.2 Å². The van der Waals surface area contributed by atoms with Gasteiger partial charge >= 0.3 is 6.09 Å². The van der Waals surface area contributed by atoms with Gasteiger partial charge in [-0.15, -0.1) is 0 Å². The van der Waals surface area contributed by atoms with E-state index in [9.17, 15) is 9.59 Å². The first kappa shape index (κ1) is 34.7. The largest absolute Gasteiger partial charge is 0.465 e. The van der Waals surface area contributed by atoms with Crippen molar-refractivity contribution >= 4 is 29.0 Å². The number of anilines is 1. The third-order valence-corrected chi connectivity index (χ3v) is 8.89. The number of carbonyl (C=O) groups excluding carboxylic acids is 1. The van der Waals surface area contributed by atoms with E-state index in [0.717, 1.165) is 25.7 Å². The summed E-state index contributed by atoms with van der Waals surface area (Å²) in [6.07, 6.45) is 6.75. The predicted molar refractivity (Wildman–Crippen MR) is 179 cm³/mol. The average molecular weight is 632 g/mol. The summed E-state index contributed by atoms with van der Waals surface area (Å²) in [6, 6.07) is 11.0. The van der Waals surface area contributed by atoms with E-state index in [-0.39, 0.29) is 18.0 Å². The summed E-state index contributed by atoms with van der Waals surface area (Å²) >= 11 is 0. The Morgan fingerprint density at radius 3 is 2.39 bits per heavy atom. The maximum atomic E-state index is 12.3. The molecule has 2 atom stereocenters. The van der Waals surface area contributed by atoms with Gasteiger partial charge in [-0.2, -0.15) is 0 Å². The third kappa shape index (κ3) is 8.97. The quantitative estimate of drug-likeness (QED) is 0.285. The lowest BCUT2D eigenvalue weighted by molar-refractivity contribution is -0.134. The van der Waals surface area contributed by atoms with Crippen molar-refractivity contribution < 1.29 is 19.4 Å². The smallest absolute Gasteiger partial charge is 0.407 e. The number of piperidine rings is 1. The Morgan fingerprint density at radius 1 is 1.07 bits per heavy atom. The lowest BCUT2D eigenvalue weighted by Gasteiger charge is -2.28. The fourth-order valence-corrected chi connectivity index (χ4v) is 5.44. The van der Waals surface area contributed by atoms with Crippen LogP contribution in [-0.4, -0.2) is 66.8 Å². The molecule has 2 aliphatic heterocycles. The molecule has 3 aromatic rings. The predicted octanol–water partition coefficient (Wildman–Crippen LogP) is 5.90. The second kappa shape index (κ2) is 15.9. The molecule has 248 valence electrons. The summed E-state index contributed by atoms with van der Waals surface area (Å²) in [5, 5.41) is 12.0. The molecule has 2 aromatic heterocycles. The first-order valence-electron chi connectivity index (χ1n) is 16.6. The van der Waals surface area contributed by atoms with Gasteiger partial charge in [-0.25, -0.2) is 19.7 Å². The van der Waals surface area contributed by atoms with Crippen LogP contribution in [0.15, 0.2) is 36.7 Å². The van der Waals surface area contributed by atoms with E-state index in [0.29, 0.717) is 66.7 Å². The number of nitrogens with zero attached hydrogens (tertiary/aromatic N) is 5. The van der Waals surface area contributed by atoms with E-state index >= 15 is 0 Å². The van der Waals surface area contributed by atoms with Crippen molar-refractivity contribution in [1.29, 1.82) is 0 Å². The highest BCUT2D eigenvalue weighted by molar-refractivity contribution is 5.83. The van der Waals surface area contributed by atoms with Crippen molar-refractivity contribution in [2.75, 3.05) is 18.8 Å². The van der Waals surface area contributed by atoms with Crippen molar-refractivity contribution in [2.24, 2.45) is 5.92 Å². The number of carboxylic acid groups (broad SMARTS) is 1. The molecule has 0 bridgehead atoms. The van der Waals surface area contributed by atoms with Gasteiger partial charge in [0.05, 0.1) is 6.33 Å². The molecule has 1 saturated carbocycles. The van der Waals surface area contributed by atoms with Crippen LogP contribution >= 0.6 is 0 Å². The van der Waals surface area contributed by atoms with E-state index in [4.69, 9.17) is 15.6 Å². The number of likely N-dealkylation sites (tertiary alicyclic amines) is 1. The molecule has 1 aromatic carbocycles. The molecule has 0 spiro atoms. The van der Waals surface area contributed by atoms with Gasteiger partial charge in [-0.05, 0) is 67.8 Å². The number of imidazole rings is 1.